The van der Waals surface area contributed by atoms with E-state index in [-0.39, 0.29) is 37.2 Å². The highest BCUT2D eigenvalue weighted by Gasteiger charge is 2.36. The van der Waals surface area contributed by atoms with Gasteiger partial charge in [-0.15, -0.1) is 0 Å². The molecule has 2 amide bonds. The molecule has 7 nitrogen and oxygen atoms in total. The van der Waals surface area contributed by atoms with Crippen LogP contribution in [0.15, 0.2) is 77.9 Å². The van der Waals surface area contributed by atoms with Crippen LogP contribution in [0.3, 0.4) is 0 Å². The monoisotopic (exact) mass is 507 g/mol. The molecule has 0 fully saturated rings. The summed E-state index contributed by atoms with van der Waals surface area (Å²) in [6.45, 7) is -0.171. The fraction of sp³-hybridized carbons (Fsp3) is 0.250. The van der Waals surface area contributed by atoms with Gasteiger partial charge in [0.25, 0.3) is 11.8 Å². The van der Waals surface area contributed by atoms with Gasteiger partial charge in [0.15, 0.2) is 0 Å². The predicted octanol–water partition coefficient (Wildman–Crippen LogP) is 4.44. The van der Waals surface area contributed by atoms with Gasteiger partial charge in [-0.3, -0.25) is 9.59 Å². The second kappa shape index (κ2) is 11.7. The van der Waals surface area contributed by atoms with Gasteiger partial charge in [0.05, 0.1) is 31.0 Å². The number of benzene rings is 3. The summed E-state index contributed by atoms with van der Waals surface area (Å²) in [5.74, 6) is -1.74. The van der Waals surface area contributed by atoms with Crippen molar-refractivity contribution in [1.82, 2.24) is 9.91 Å². The molecule has 1 aliphatic rings. The maximum Gasteiger partial charge on any atom is 0.262 e. The minimum Gasteiger partial charge on any atom is -0.496 e. The van der Waals surface area contributed by atoms with Crippen molar-refractivity contribution in [2.24, 2.45) is 5.10 Å². The van der Waals surface area contributed by atoms with Crippen molar-refractivity contribution in [2.75, 3.05) is 33.9 Å². The third-order valence-electron chi connectivity index (χ3n) is 6.13. The Morgan fingerprint density at radius 2 is 1.65 bits per heavy atom. The first-order valence-electron chi connectivity index (χ1n) is 11.7. The first kappa shape index (κ1) is 26.0. The van der Waals surface area contributed by atoms with Crippen molar-refractivity contribution >= 4 is 17.5 Å². The van der Waals surface area contributed by atoms with Crippen LogP contribution in [0.25, 0.3) is 0 Å². The Labute approximate surface area is 213 Å². The quantitative estimate of drug-likeness (QED) is 0.429. The maximum atomic E-state index is 14.6. The van der Waals surface area contributed by atoms with Gasteiger partial charge in [-0.25, -0.2) is 13.8 Å². The van der Waals surface area contributed by atoms with E-state index in [1.807, 2.05) is 18.2 Å². The van der Waals surface area contributed by atoms with Crippen molar-refractivity contribution in [3.8, 4) is 5.75 Å². The van der Waals surface area contributed by atoms with Gasteiger partial charge in [-0.05, 0) is 24.3 Å². The van der Waals surface area contributed by atoms with Crippen molar-refractivity contribution in [1.29, 1.82) is 0 Å². The molecule has 1 atom stereocenters. The van der Waals surface area contributed by atoms with E-state index >= 15 is 0 Å². The lowest BCUT2D eigenvalue weighted by molar-refractivity contribution is -0.133. The van der Waals surface area contributed by atoms with Gasteiger partial charge in [-0.2, -0.15) is 5.10 Å². The number of hydrogen-bond donors (Lipinski definition) is 0. The number of methoxy groups -OCH3 is 2. The number of hydrazone groups is 1. The molecule has 0 radical (unpaired) electrons. The van der Waals surface area contributed by atoms with E-state index in [0.717, 1.165) is 0 Å². The second-order valence-electron chi connectivity index (χ2n) is 8.43. The predicted molar refractivity (Wildman–Crippen MR) is 134 cm³/mol. The fourth-order valence-corrected chi connectivity index (χ4v) is 4.28. The van der Waals surface area contributed by atoms with Gasteiger partial charge in [0.1, 0.15) is 23.9 Å². The van der Waals surface area contributed by atoms with Crippen LogP contribution < -0.4 is 4.74 Å². The summed E-state index contributed by atoms with van der Waals surface area (Å²) in [5, 5.41) is 5.75. The Bertz CT molecular complexity index is 1310. The summed E-state index contributed by atoms with van der Waals surface area (Å²) < 4.78 is 39.6. The Hall–Kier alpha value is -4.11. The van der Waals surface area contributed by atoms with Crippen LogP contribution in [0.4, 0.5) is 8.78 Å². The summed E-state index contributed by atoms with van der Waals surface area (Å²) in [5.41, 5.74) is 1.23. The lowest BCUT2D eigenvalue weighted by Crippen LogP contribution is -2.43. The molecule has 9 heteroatoms. The number of carbonyl (C=O) groups is 2. The van der Waals surface area contributed by atoms with E-state index in [2.05, 4.69) is 5.10 Å². The Morgan fingerprint density at radius 1 is 0.973 bits per heavy atom. The maximum absolute atomic E-state index is 14.6. The van der Waals surface area contributed by atoms with Crippen LogP contribution in [0.5, 0.6) is 5.75 Å². The number of halogens is 2. The first-order valence-corrected chi connectivity index (χ1v) is 11.7. The van der Waals surface area contributed by atoms with Gasteiger partial charge in [0.2, 0.25) is 0 Å². The first-order chi connectivity index (χ1) is 17.9. The highest BCUT2D eigenvalue weighted by atomic mass is 19.1. The molecule has 37 heavy (non-hydrogen) atoms. The zero-order valence-electron chi connectivity index (χ0n) is 20.6. The molecule has 192 valence electrons. The van der Waals surface area contributed by atoms with Crippen molar-refractivity contribution < 1.29 is 27.8 Å². The number of amides is 2. The second-order valence-corrected chi connectivity index (χ2v) is 8.43. The molecule has 3 aromatic carbocycles. The summed E-state index contributed by atoms with van der Waals surface area (Å²) in [4.78, 5) is 28.0. The molecule has 3 aromatic rings. The fourth-order valence-electron chi connectivity index (χ4n) is 4.28. The summed E-state index contributed by atoms with van der Waals surface area (Å²) >= 11 is 0. The van der Waals surface area contributed by atoms with E-state index in [4.69, 9.17) is 9.47 Å². The van der Waals surface area contributed by atoms with Crippen LogP contribution in [-0.2, 0) is 9.53 Å². The summed E-state index contributed by atoms with van der Waals surface area (Å²) in [6.07, 6.45) is 0.242. The number of rotatable bonds is 9. The van der Waals surface area contributed by atoms with Crippen molar-refractivity contribution in [3.05, 3.63) is 101 Å². The van der Waals surface area contributed by atoms with Crippen molar-refractivity contribution in [2.45, 2.75) is 12.5 Å². The van der Waals surface area contributed by atoms with Crippen LogP contribution in [-0.4, -0.2) is 61.4 Å². The highest BCUT2D eigenvalue weighted by Crippen LogP contribution is 2.37. The molecule has 0 saturated carbocycles. The third kappa shape index (κ3) is 5.67. The van der Waals surface area contributed by atoms with Crippen LogP contribution >= 0.6 is 0 Å². The number of ether oxygens (including phenoxy) is 2. The molecular weight excluding hydrogens is 480 g/mol. The number of carbonyl (C=O) groups excluding carboxylic acids is 2. The largest absolute Gasteiger partial charge is 0.496 e. The molecule has 0 aromatic heterocycles. The lowest BCUT2D eigenvalue weighted by atomic mass is 9.97. The molecule has 1 unspecified atom stereocenters. The Kier molecular flexibility index (Phi) is 8.25. The molecule has 0 bridgehead atoms. The van der Waals surface area contributed by atoms with Gasteiger partial charge in [0, 0.05) is 31.2 Å². The molecule has 1 heterocycles. The molecular formula is C28H27F2N3O4. The number of nitrogens with zero attached hydrogens (tertiary/aromatic N) is 3. The smallest absolute Gasteiger partial charge is 0.262 e. The lowest BCUT2D eigenvalue weighted by Gasteiger charge is -2.27. The van der Waals surface area contributed by atoms with Gasteiger partial charge >= 0.3 is 0 Å². The van der Waals surface area contributed by atoms with Crippen LogP contribution in [0, 0.1) is 11.6 Å². The van der Waals surface area contributed by atoms with E-state index in [9.17, 15) is 18.4 Å². The van der Waals surface area contributed by atoms with E-state index in [0.29, 0.717) is 17.0 Å². The standard InChI is InChI=1S/C28H27F2N3O4/c1-36-16-15-32(28(35)20-10-4-7-13-23(20)30)18-27(34)33-25(21-11-5-8-14-26(21)37-2)17-24(31-33)19-9-3-6-12-22(19)29/h3-14,25H,15-18H2,1-2H3. The zero-order valence-corrected chi connectivity index (χ0v) is 20.6. The number of para-hydroxylation sites is 1. The Morgan fingerprint density at radius 3 is 2.35 bits per heavy atom. The van der Waals surface area contributed by atoms with E-state index < -0.39 is 29.5 Å². The summed E-state index contributed by atoms with van der Waals surface area (Å²) in [7, 11) is 2.99. The minimum atomic E-state index is -0.685. The molecule has 1 aliphatic heterocycles. The summed E-state index contributed by atoms with van der Waals surface area (Å²) in [6, 6.07) is 18.4. The minimum absolute atomic E-state index is 0.0620. The normalized spacial score (nSPS) is 14.9. The molecule has 0 spiro atoms. The third-order valence-corrected chi connectivity index (χ3v) is 6.13. The topological polar surface area (TPSA) is 71.4 Å². The van der Waals surface area contributed by atoms with Crippen LogP contribution in [0.2, 0.25) is 0 Å². The highest BCUT2D eigenvalue weighted by molar-refractivity contribution is 6.04. The van der Waals surface area contributed by atoms with Gasteiger partial charge < -0.3 is 14.4 Å². The number of hydrogen-bond acceptors (Lipinski definition) is 5. The molecule has 4 rings (SSSR count). The van der Waals surface area contributed by atoms with E-state index in [1.165, 1.54) is 48.4 Å². The average Bonchev–Trinajstić information content (AvgIpc) is 3.36. The molecule has 0 N–H and O–H groups in total. The molecule has 0 aliphatic carbocycles. The average molecular weight is 508 g/mol. The SMILES string of the molecule is COCCN(CC(=O)N1N=C(c2ccccc2F)CC1c1ccccc1OC)C(=O)c1ccccc1F. The Balaban J connectivity index is 1.68. The van der Waals surface area contributed by atoms with E-state index in [1.54, 1.807) is 30.3 Å². The van der Waals surface area contributed by atoms with Crippen molar-refractivity contribution in [3.63, 3.8) is 0 Å². The van der Waals surface area contributed by atoms with Crippen LogP contribution in [0.1, 0.15) is 33.9 Å². The molecule has 0 saturated heterocycles. The van der Waals surface area contributed by atoms with Gasteiger partial charge in [-0.1, -0.05) is 48.5 Å². The zero-order chi connectivity index (χ0) is 26.4.